The zero-order valence-electron chi connectivity index (χ0n) is 14.6. The van der Waals surface area contributed by atoms with Crippen LogP contribution in [0.2, 0.25) is 5.02 Å². The highest BCUT2D eigenvalue weighted by atomic mass is 35.5. The summed E-state index contributed by atoms with van der Waals surface area (Å²) >= 11 is 5.75. The van der Waals surface area contributed by atoms with Crippen LogP contribution >= 0.6 is 11.6 Å². The Labute approximate surface area is 163 Å². The largest absolute Gasteiger partial charge is 0.416 e. The van der Waals surface area contributed by atoms with Crippen molar-refractivity contribution >= 4 is 28.9 Å². The number of alkyl halides is 3. The van der Waals surface area contributed by atoms with Crippen molar-refractivity contribution in [2.24, 2.45) is 0 Å². The van der Waals surface area contributed by atoms with E-state index in [0.29, 0.717) is 42.6 Å². The van der Waals surface area contributed by atoms with Crippen LogP contribution in [0.5, 0.6) is 0 Å². The number of carbonyl (C=O) groups excluding carboxylic acids is 1. The second-order valence-electron chi connectivity index (χ2n) is 5.88. The zero-order chi connectivity index (χ0) is 20.7. The Morgan fingerprint density at radius 3 is 2.32 bits per heavy atom. The van der Waals surface area contributed by atoms with Gasteiger partial charge in [-0.3, -0.25) is 14.9 Å². The lowest BCUT2D eigenvalue weighted by Gasteiger charge is -2.11. The van der Waals surface area contributed by atoms with Crippen molar-refractivity contribution in [1.82, 2.24) is 5.32 Å². The molecule has 0 bridgehead atoms. The van der Waals surface area contributed by atoms with Crippen LogP contribution in [0, 0.1) is 10.1 Å². The van der Waals surface area contributed by atoms with E-state index >= 15 is 0 Å². The van der Waals surface area contributed by atoms with E-state index in [4.69, 9.17) is 11.6 Å². The Balaban J connectivity index is 1.79. The van der Waals surface area contributed by atoms with E-state index in [9.17, 15) is 28.1 Å². The molecule has 0 radical (unpaired) electrons. The van der Waals surface area contributed by atoms with Gasteiger partial charge in [-0.25, -0.2) is 0 Å². The molecule has 2 aromatic carbocycles. The molecule has 0 heterocycles. The molecule has 0 atom stereocenters. The predicted octanol–water partition coefficient (Wildman–Crippen LogP) is 4.89. The lowest BCUT2D eigenvalue weighted by molar-refractivity contribution is -0.384. The number of nitro groups is 1. The third-order valence-corrected chi connectivity index (χ3v) is 4.08. The average molecular weight is 416 g/mol. The van der Waals surface area contributed by atoms with E-state index in [2.05, 4.69) is 10.6 Å². The van der Waals surface area contributed by atoms with Gasteiger partial charge in [0.25, 0.3) is 11.6 Å². The molecule has 0 aliphatic carbocycles. The summed E-state index contributed by atoms with van der Waals surface area (Å²) in [5.74, 6) is -0.247. The normalized spacial score (nSPS) is 11.1. The summed E-state index contributed by atoms with van der Waals surface area (Å²) in [7, 11) is 0. The molecule has 0 spiro atoms. The van der Waals surface area contributed by atoms with Crippen molar-refractivity contribution in [3.63, 3.8) is 0 Å². The molecule has 150 valence electrons. The van der Waals surface area contributed by atoms with Crippen LogP contribution in [0.4, 0.5) is 24.5 Å². The van der Waals surface area contributed by atoms with Gasteiger partial charge in [-0.2, -0.15) is 13.2 Å². The van der Waals surface area contributed by atoms with Crippen molar-refractivity contribution in [2.45, 2.75) is 19.0 Å². The van der Waals surface area contributed by atoms with Gasteiger partial charge in [-0.15, -0.1) is 0 Å². The molecule has 0 saturated heterocycles. The summed E-state index contributed by atoms with van der Waals surface area (Å²) in [6, 6.07) is 8.76. The Kier molecular flexibility index (Phi) is 7.22. The summed E-state index contributed by atoms with van der Waals surface area (Å²) in [6.07, 6.45) is -3.51. The van der Waals surface area contributed by atoms with Gasteiger partial charge < -0.3 is 10.6 Å². The van der Waals surface area contributed by atoms with E-state index < -0.39 is 22.4 Å². The number of amides is 1. The lowest BCUT2D eigenvalue weighted by Crippen LogP contribution is -2.24. The number of hydrogen-bond acceptors (Lipinski definition) is 4. The molecule has 1 amide bonds. The highest BCUT2D eigenvalue weighted by Crippen LogP contribution is 2.34. The first-order chi connectivity index (χ1) is 13.2. The van der Waals surface area contributed by atoms with Crippen LogP contribution in [0.15, 0.2) is 42.5 Å². The molecular formula is C18H17ClF3N3O3. The third kappa shape index (κ3) is 6.12. The minimum Gasteiger partial charge on any atom is -0.379 e. The van der Waals surface area contributed by atoms with Crippen LogP contribution in [0.3, 0.4) is 0 Å². The molecule has 0 aliphatic heterocycles. The second-order valence-corrected chi connectivity index (χ2v) is 6.32. The molecule has 2 N–H and O–H groups in total. The fourth-order valence-corrected chi connectivity index (χ4v) is 2.51. The standard InChI is InChI=1S/C18H17ClF3N3O3/c19-14-6-3-12(4-7-14)17(26)24-10-2-1-9-23-15-8-5-13(18(20,21)22)11-16(15)25(27)28/h3-8,11,23H,1-2,9-10H2,(H,24,26). The SMILES string of the molecule is O=C(NCCCCNc1ccc(C(F)(F)F)cc1[N+](=O)[O-])c1ccc(Cl)cc1. The number of hydrogen-bond donors (Lipinski definition) is 2. The molecule has 2 rings (SSSR count). The first kappa shape index (κ1) is 21.5. The average Bonchev–Trinajstić information content (AvgIpc) is 2.64. The van der Waals surface area contributed by atoms with Gasteiger partial charge in [0.1, 0.15) is 5.69 Å². The predicted molar refractivity (Wildman–Crippen MR) is 99.6 cm³/mol. The van der Waals surface area contributed by atoms with Crippen molar-refractivity contribution in [3.8, 4) is 0 Å². The van der Waals surface area contributed by atoms with E-state index in [1.54, 1.807) is 24.3 Å². The number of halogens is 4. The molecule has 2 aromatic rings. The van der Waals surface area contributed by atoms with Crippen LogP contribution in [-0.2, 0) is 6.18 Å². The quantitative estimate of drug-likeness (QED) is 0.365. The van der Waals surface area contributed by atoms with E-state index in [1.165, 1.54) is 0 Å². The van der Waals surface area contributed by atoms with Gasteiger partial charge in [0.05, 0.1) is 10.5 Å². The first-order valence-electron chi connectivity index (χ1n) is 8.32. The van der Waals surface area contributed by atoms with Crippen LogP contribution in [-0.4, -0.2) is 23.9 Å². The summed E-state index contributed by atoms with van der Waals surface area (Å²) < 4.78 is 38.0. The molecule has 0 fully saturated rings. The highest BCUT2D eigenvalue weighted by Gasteiger charge is 2.32. The summed E-state index contributed by atoms with van der Waals surface area (Å²) in [4.78, 5) is 22.1. The van der Waals surface area contributed by atoms with Gasteiger partial charge in [0.2, 0.25) is 0 Å². The minimum absolute atomic E-state index is 0.0169. The Morgan fingerprint density at radius 2 is 1.71 bits per heavy atom. The van der Waals surface area contributed by atoms with E-state index in [-0.39, 0.29) is 11.6 Å². The highest BCUT2D eigenvalue weighted by molar-refractivity contribution is 6.30. The first-order valence-corrected chi connectivity index (χ1v) is 8.69. The second kappa shape index (κ2) is 9.41. The molecule has 0 aromatic heterocycles. The van der Waals surface area contributed by atoms with Crippen LogP contribution in [0.25, 0.3) is 0 Å². The van der Waals surface area contributed by atoms with Crippen molar-refractivity contribution in [2.75, 3.05) is 18.4 Å². The van der Waals surface area contributed by atoms with Gasteiger partial charge in [-0.1, -0.05) is 11.6 Å². The van der Waals surface area contributed by atoms with Crippen molar-refractivity contribution in [1.29, 1.82) is 0 Å². The minimum atomic E-state index is -4.65. The molecule has 10 heteroatoms. The Hall–Kier alpha value is -2.81. The lowest BCUT2D eigenvalue weighted by atomic mass is 10.1. The number of anilines is 1. The monoisotopic (exact) mass is 415 g/mol. The van der Waals surface area contributed by atoms with Gasteiger partial charge >= 0.3 is 6.18 Å². The summed E-state index contributed by atoms with van der Waals surface area (Å²) in [5.41, 5.74) is -1.22. The number of nitro benzene ring substituents is 1. The topological polar surface area (TPSA) is 84.3 Å². The van der Waals surface area contributed by atoms with Crippen molar-refractivity contribution < 1.29 is 22.9 Å². The number of carbonyl (C=O) groups is 1. The summed E-state index contributed by atoms with van der Waals surface area (Å²) in [5, 5.41) is 17.0. The van der Waals surface area contributed by atoms with Gasteiger partial charge in [0.15, 0.2) is 0 Å². The molecule has 28 heavy (non-hydrogen) atoms. The third-order valence-electron chi connectivity index (χ3n) is 3.83. The molecule has 0 unspecified atom stereocenters. The number of rotatable bonds is 8. The molecule has 0 aliphatic rings. The maximum absolute atomic E-state index is 12.7. The van der Waals surface area contributed by atoms with Crippen molar-refractivity contribution in [3.05, 3.63) is 68.7 Å². The zero-order valence-corrected chi connectivity index (χ0v) is 15.3. The smallest absolute Gasteiger partial charge is 0.379 e. The van der Waals surface area contributed by atoms with E-state index in [0.717, 1.165) is 12.1 Å². The fraction of sp³-hybridized carbons (Fsp3) is 0.278. The van der Waals surface area contributed by atoms with Crippen LogP contribution in [0.1, 0.15) is 28.8 Å². The van der Waals surface area contributed by atoms with Gasteiger partial charge in [-0.05, 0) is 49.2 Å². The molecule has 6 nitrogen and oxygen atoms in total. The maximum atomic E-state index is 12.7. The van der Waals surface area contributed by atoms with Gasteiger partial charge in [0, 0.05) is 29.7 Å². The number of nitrogens with zero attached hydrogens (tertiary/aromatic N) is 1. The fourth-order valence-electron chi connectivity index (χ4n) is 2.39. The summed E-state index contributed by atoms with van der Waals surface area (Å²) in [6.45, 7) is 0.696. The molecular weight excluding hydrogens is 399 g/mol. The maximum Gasteiger partial charge on any atom is 0.416 e. The Morgan fingerprint density at radius 1 is 1.07 bits per heavy atom. The molecule has 0 saturated carbocycles. The van der Waals surface area contributed by atoms with E-state index in [1.807, 2.05) is 0 Å². The number of nitrogens with one attached hydrogen (secondary N) is 2. The number of unbranched alkanes of at least 4 members (excludes halogenated alkanes) is 1. The Bertz CT molecular complexity index is 842. The number of benzene rings is 2. The van der Waals surface area contributed by atoms with Crippen LogP contribution < -0.4 is 10.6 Å².